The van der Waals surface area contributed by atoms with Crippen LogP contribution in [0, 0.1) is 5.82 Å². The van der Waals surface area contributed by atoms with E-state index in [0.29, 0.717) is 22.2 Å². The first-order valence-electron chi connectivity index (χ1n) is 5.92. The van der Waals surface area contributed by atoms with Crippen LogP contribution in [0.1, 0.15) is 16.5 Å². The summed E-state index contributed by atoms with van der Waals surface area (Å²) in [6.07, 6.45) is 0.532. The molecule has 5 heteroatoms. The van der Waals surface area contributed by atoms with Crippen molar-refractivity contribution >= 4 is 34.8 Å². The van der Waals surface area contributed by atoms with Crippen LogP contribution < -0.4 is 4.74 Å². The molecule has 0 aliphatic rings. The molecule has 0 radical (unpaired) electrons. The lowest BCUT2D eigenvalue weighted by Gasteiger charge is -2.14. The van der Waals surface area contributed by atoms with Crippen molar-refractivity contribution < 1.29 is 9.13 Å². The third kappa shape index (κ3) is 3.57. The first kappa shape index (κ1) is 15.4. The van der Waals surface area contributed by atoms with E-state index in [1.807, 2.05) is 0 Å². The van der Waals surface area contributed by atoms with Gasteiger partial charge in [-0.05, 0) is 35.7 Å². The summed E-state index contributed by atoms with van der Waals surface area (Å²) < 4.78 is 18.0. The molecule has 1 atom stereocenters. The van der Waals surface area contributed by atoms with Crippen LogP contribution >= 0.6 is 34.8 Å². The maximum atomic E-state index is 12.9. The van der Waals surface area contributed by atoms with Gasteiger partial charge in [0, 0.05) is 11.1 Å². The molecule has 0 fully saturated rings. The van der Waals surface area contributed by atoms with Crippen molar-refractivity contribution in [3.63, 3.8) is 0 Å². The Labute approximate surface area is 132 Å². The average molecular weight is 334 g/mol. The normalized spacial score (nSPS) is 12.2. The smallest absolute Gasteiger partial charge is 0.138 e. The van der Waals surface area contributed by atoms with Crippen molar-refractivity contribution in [2.24, 2.45) is 0 Å². The van der Waals surface area contributed by atoms with Gasteiger partial charge in [0.1, 0.15) is 11.6 Å². The molecule has 106 valence electrons. The van der Waals surface area contributed by atoms with Crippen LogP contribution in [0.5, 0.6) is 5.75 Å². The van der Waals surface area contributed by atoms with E-state index in [4.69, 9.17) is 39.5 Å². The van der Waals surface area contributed by atoms with Crippen molar-refractivity contribution in [3.8, 4) is 5.75 Å². The fraction of sp³-hybridized carbons (Fsp3) is 0.200. The number of ether oxygens (including phenoxy) is 1. The topological polar surface area (TPSA) is 9.23 Å². The SMILES string of the molecule is COc1cc(Cl)c(C(Cl)Cc2ccc(F)cc2)cc1Cl. The molecule has 0 amide bonds. The Bertz CT molecular complexity index is 599. The Hall–Kier alpha value is -0.960. The number of halogens is 4. The van der Waals surface area contributed by atoms with Gasteiger partial charge in [0.05, 0.1) is 17.5 Å². The van der Waals surface area contributed by atoms with E-state index in [0.717, 1.165) is 11.1 Å². The second-order valence-corrected chi connectivity index (χ2v) is 5.65. The third-order valence-electron chi connectivity index (χ3n) is 2.94. The van der Waals surface area contributed by atoms with Crippen LogP contribution in [0.4, 0.5) is 4.39 Å². The second-order valence-electron chi connectivity index (χ2n) is 4.31. The van der Waals surface area contributed by atoms with Crippen LogP contribution in [0.15, 0.2) is 36.4 Å². The lowest BCUT2D eigenvalue weighted by molar-refractivity contribution is 0.415. The number of hydrogen-bond donors (Lipinski definition) is 0. The van der Waals surface area contributed by atoms with Crippen molar-refractivity contribution in [1.29, 1.82) is 0 Å². The Morgan fingerprint density at radius 3 is 2.35 bits per heavy atom. The first-order chi connectivity index (χ1) is 9.51. The Balaban J connectivity index is 2.22. The van der Waals surface area contributed by atoms with Gasteiger partial charge in [-0.1, -0.05) is 35.3 Å². The third-order valence-corrected chi connectivity index (χ3v) is 3.95. The van der Waals surface area contributed by atoms with E-state index in [1.54, 1.807) is 24.3 Å². The molecule has 2 aromatic rings. The molecule has 2 rings (SSSR count). The van der Waals surface area contributed by atoms with Gasteiger partial charge in [-0.25, -0.2) is 4.39 Å². The molecule has 0 saturated carbocycles. The maximum Gasteiger partial charge on any atom is 0.138 e. The molecular weight excluding hydrogens is 322 g/mol. The van der Waals surface area contributed by atoms with Gasteiger partial charge in [-0.2, -0.15) is 0 Å². The zero-order valence-electron chi connectivity index (χ0n) is 10.7. The highest BCUT2D eigenvalue weighted by atomic mass is 35.5. The lowest BCUT2D eigenvalue weighted by Crippen LogP contribution is -1.98. The molecule has 0 N–H and O–H groups in total. The second kappa shape index (κ2) is 6.66. The summed E-state index contributed by atoms with van der Waals surface area (Å²) in [5, 5.41) is 0.599. The molecule has 0 heterocycles. The van der Waals surface area contributed by atoms with Crippen LogP contribution in [0.25, 0.3) is 0 Å². The number of rotatable bonds is 4. The summed E-state index contributed by atoms with van der Waals surface area (Å²) >= 11 is 18.6. The molecule has 0 aliphatic heterocycles. The predicted octanol–water partition coefficient (Wildman–Crippen LogP) is 5.66. The molecule has 0 aliphatic carbocycles. The van der Waals surface area contributed by atoms with Gasteiger partial charge in [-0.3, -0.25) is 0 Å². The van der Waals surface area contributed by atoms with Crippen LogP contribution in [0.2, 0.25) is 10.0 Å². The fourth-order valence-electron chi connectivity index (χ4n) is 1.88. The Morgan fingerprint density at radius 2 is 1.75 bits per heavy atom. The summed E-state index contributed by atoms with van der Waals surface area (Å²) in [5.74, 6) is 0.233. The minimum atomic E-state index is -0.351. The van der Waals surface area contributed by atoms with Gasteiger partial charge < -0.3 is 4.74 Å². The van der Waals surface area contributed by atoms with E-state index in [1.165, 1.54) is 19.2 Å². The van der Waals surface area contributed by atoms with Crippen LogP contribution in [-0.2, 0) is 6.42 Å². The molecular formula is C15H12Cl3FO. The summed E-state index contributed by atoms with van der Waals surface area (Å²) in [4.78, 5) is 0. The summed E-state index contributed by atoms with van der Waals surface area (Å²) in [6, 6.07) is 9.54. The highest BCUT2D eigenvalue weighted by Crippen LogP contribution is 2.37. The highest BCUT2D eigenvalue weighted by Gasteiger charge is 2.16. The van der Waals surface area contributed by atoms with E-state index in [-0.39, 0.29) is 11.2 Å². The summed E-state index contributed by atoms with van der Waals surface area (Å²) in [7, 11) is 1.52. The van der Waals surface area contributed by atoms with E-state index >= 15 is 0 Å². The zero-order valence-corrected chi connectivity index (χ0v) is 12.9. The van der Waals surface area contributed by atoms with Crippen molar-refractivity contribution in [2.75, 3.05) is 7.11 Å². The molecule has 20 heavy (non-hydrogen) atoms. The minimum absolute atomic E-state index is 0.273. The number of hydrogen-bond acceptors (Lipinski definition) is 1. The standard InChI is InChI=1S/C15H12Cl3FO/c1-20-15-8-13(17)11(7-14(15)18)12(16)6-9-2-4-10(19)5-3-9/h2-5,7-8,12H,6H2,1H3. The molecule has 0 aromatic heterocycles. The summed E-state index contributed by atoms with van der Waals surface area (Å²) in [5.41, 5.74) is 1.65. The number of methoxy groups -OCH3 is 1. The van der Waals surface area contributed by atoms with Gasteiger partial charge in [0.15, 0.2) is 0 Å². The van der Waals surface area contributed by atoms with E-state index in [2.05, 4.69) is 0 Å². The number of benzene rings is 2. The van der Waals surface area contributed by atoms with Crippen molar-refractivity contribution in [1.82, 2.24) is 0 Å². The molecule has 1 nitrogen and oxygen atoms in total. The summed E-state index contributed by atoms with van der Waals surface area (Å²) in [6.45, 7) is 0. The van der Waals surface area contributed by atoms with Gasteiger partial charge in [0.2, 0.25) is 0 Å². The Morgan fingerprint density at radius 1 is 1.10 bits per heavy atom. The minimum Gasteiger partial charge on any atom is -0.495 e. The van der Waals surface area contributed by atoms with E-state index < -0.39 is 0 Å². The molecule has 0 spiro atoms. The average Bonchev–Trinajstić information content (AvgIpc) is 2.43. The largest absolute Gasteiger partial charge is 0.495 e. The van der Waals surface area contributed by atoms with Crippen molar-refractivity contribution in [3.05, 3.63) is 63.4 Å². The van der Waals surface area contributed by atoms with E-state index in [9.17, 15) is 4.39 Å². The zero-order chi connectivity index (χ0) is 14.7. The van der Waals surface area contributed by atoms with Crippen LogP contribution in [0.3, 0.4) is 0 Å². The molecule has 0 bridgehead atoms. The lowest BCUT2D eigenvalue weighted by atomic mass is 10.0. The molecule has 2 aromatic carbocycles. The maximum absolute atomic E-state index is 12.9. The van der Waals surface area contributed by atoms with Gasteiger partial charge >= 0.3 is 0 Å². The monoisotopic (exact) mass is 332 g/mol. The van der Waals surface area contributed by atoms with Gasteiger partial charge in [0.25, 0.3) is 0 Å². The van der Waals surface area contributed by atoms with Crippen LogP contribution in [-0.4, -0.2) is 7.11 Å². The first-order valence-corrected chi connectivity index (χ1v) is 7.12. The van der Waals surface area contributed by atoms with Crippen molar-refractivity contribution in [2.45, 2.75) is 11.8 Å². The van der Waals surface area contributed by atoms with Gasteiger partial charge in [-0.15, -0.1) is 11.6 Å². The molecule has 0 saturated heterocycles. The highest BCUT2D eigenvalue weighted by molar-refractivity contribution is 6.35. The quantitative estimate of drug-likeness (QED) is 0.656. The fourth-order valence-corrected chi connectivity index (χ4v) is 2.83. The molecule has 1 unspecified atom stereocenters. The Kier molecular flexibility index (Phi) is 5.14. The number of alkyl halides is 1. The predicted molar refractivity (Wildman–Crippen MR) is 81.7 cm³/mol.